The second-order valence-electron chi connectivity index (χ2n) is 1.68. The zero-order valence-corrected chi connectivity index (χ0v) is 4.57. The third-order valence-corrected chi connectivity index (χ3v) is 1.12. The summed E-state index contributed by atoms with van der Waals surface area (Å²) in [5.41, 5.74) is 1.68. The Hall–Kier alpha value is -1.45. The second-order valence-corrected chi connectivity index (χ2v) is 1.68. The van der Waals surface area contributed by atoms with Crippen molar-refractivity contribution in [3.05, 3.63) is 18.7 Å². The summed E-state index contributed by atoms with van der Waals surface area (Å²) in [4.78, 5) is 7.86. The van der Waals surface area contributed by atoms with Crippen molar-refractivity contribution in [2.45, 2.75) is 0 Å². The molecular formula is C5H4N4. The van der Waals surface area contributed by atoms with E-state index in [2.05, 4.69) is 20.2 Å². The highest BCUT2D eigenvalue weighted by atomic mass is 15.1. The highest BCUT2D eigenvalue weighted by Crippen LogP contribution is 2.10. The molecule has 0 unspecified atom stereocenters. The van der Waals surface area contributed by atoms with Gasteiger partial charge >= 0.3 is 0 Å². The minimum Gasteiger partial charge on any atom is -0.283 e. The molecule has 1 N–H and O–H groups in total. The van der Waals surface area contributed by atoms with E-state index in [1.165, 1.54) is 6.33 Å². The molecule has 0 saturated heterocycles. The minimum atomic E-state index is 0.828. The fourth-order valence-electron chi connectivity index (χ4n) is 0.693. The van der Waals surface area contributed by atoms with E-state index in [4.69, 9.17) is 0 Å². The molecule has 0 spiro atoms. The molecule has 0 aromatic carbocycles. The van der Waals surface area contributed by atoms with Gasteiger partial charge in [-0.15, -0.1) is 0 Å². The molecule has 0 aromatic rings. The number of nitrogens with zero attached hydrogens (tertiary/aromatic N) is 3. The smallest absolute Gasteiger partial charge is 0.117 e. The van der Waals surface area contributed by atoms with Crippen molar-refractivity contribution in [2.75, 3.05) is 0 Å². The molecule has 4 heteroatoms. The van der Waals surface area contributed by atoms with Gasteiger partial charge in [0.2, 0.25) is 0 Å². The van der Waals surface area contributed by atoms with Crippen LogP contribution in [0.2, 0.25) is 0 Å². The van der Waals surface area contributed by atoms with Gasteiger partial charge in [0.1, 0.15) is 17.7 Å². The maximum atomic E-state index is 3.94. The van der Waals surface area contributed by atoms with E-state index in [1.807, 2.05) is 0 Å². The highest BCUT2D eigenvalue weighted by Gasteiger charge is 2.01. The van der Waals surface area contributed by atoms with Crippen LogP contribution in [-0.4, -0.2) is 20.2 Å². The van der Waals surface area contributed by atoms with E-state index >= 15 is 0 Å². The summed E-state index contributed by atoms with van der Waals surface area (Å²) in [6, 6.07) is 0. The molecule has 0 radical (unpaired) electrons. The first-order valence-corrected chi connectivity index (χ1v) is 2.56. The van der Waals surface area contributed by atoms with Crippen LogP contribution >= 0.6 is 0 Å². The summed E-state index contributed by atoms with van der Waals surface area (Å²) in [5, 5.41) is 6.43. The lowest BCUT2D eigenvalue weighted by Crippen LogP contribution is -1.83. The third-order valence-electron chi connectivity index (χ3n) is 1.12. The Kier molecular flexibility index (Phi) is 0.745. The van der Waals surface area contributed by atoms with Gasteiger partial charge in [0.15, 0.2) is 0 Å². The zero-order chi connectivity index (χ0) is 6.10. The molecule has 4 nitrogen and oxygen atoms in total. The fourth-order valence-corrected chi connectivity index (χ4v) is 0.693. The number of H-pyrrole nitrogens is 1. The molecule has 2 aliphatic heterocycles. The number of aromatic amines is 1. The number of aromatic nitrogens is 4. The summed E-state index contributed by atoms with van der Waals surface area (Å²) in [6.07, 6.45) is 4.87. The minimum absolute atomic E-state index is 0.828. The molecule has 2 heterocycles. The van der Waals surface area contributed by atoms with Gasteiger partial charge in [0, 0.05) is 6.20 Å². The van der Waals surface area contributed by atoms with Crippen LogP contribution in [0.5, 0.6) is 0 Å². The molecule has 0 aliphatic carbocycles. The lowest BCUT2D eigenvalue weighted by atomic mass is 10.4. The van der Waals surface area contributed by atoms with Gasteiger partial charge in [0.25, 0.3) is 0 Å². The number of fused-ring (bicyclic) bond motifs is 1. The van der Waals surface area contributed by atoms with Gasteiger partial charge in [-0.3, -0.25) is 5.10 Å². The Labute approximate surface area is 51.3 Å². The van der Waals surface area contributed by atoms with E-state index in [-0.39, 0.29) is 0 Å². The number of imidazole rings is 1. The van der Waals surface area contributed by atoms with E-state index in [1.54, 1.807) is 12.4 Å². The Morgan fingerprint density at radius 2 is 2.11 bits per heavy atom. The predicted molar refractivity (Wildman–Crippen MR) is 30.8 cm³/mol. The van der Waals surface area contributed by atoms with E-state index < -0.39 is 0 Å². The monoisotopic (exact) mass is 120 g/mol. The van der Waals surface area contributed by atoms with Crippen molar-refractivity contribution in [2.24, 2.45) is 0 Å². The lowest BCUT2D eigenvalue weighted by Gasteiger charge is -1.88. The average Bonchev–Trinajstić information content (AvgIpc) is 2.33. The van der Waals surface area contributed by atoms with Gasteiger partial charge in [-0.25, -0.2) is 9.97 Å². The molecule has 0 bridgehead atoms. The molecule has 0 amide bonds. The number of nitrogens with one attached hydrogen (secondary N) is 1. The molecule has 2 rings (SSSR count). The maximum absolute atomic E-state index is 3.94. The maximum Gasteiger partial charge on any atom is 0.117 e. The lowest BCUT2D eigenvalue weighted by molar-refractivity contribution is 1.02. The SMILES string of the molecule is c1nc2cn[nH]cc-2n1. The van der Waals surface area contributed by atoms with Crippen LogP contribution in [0.4, 0.5) is 0 Å². The summed E-state index contributed by atoms with van der Waals surface area (Å²) in [6.45, 7) is 0. The van der Waals surface area contributed by atoms with Gasteiger partial charge < -0.3 is 0 Å². The third kappa shape index (κ3) is 0.561. The molecule has 2 aliphatic rings. The van der Waals surface area contributed by atoms with Gasteiger partial charge in [-0.05, 0) is 0 Å². The van der Waals surface area contributed by atoms with Crippen LogP contribution in [-0.2, 0) is 0 Å². The Bertz CT molecular complexity index is 249. The number of hydrogen-bond acceptors (Lipinski definition) is 3. The molecule has 0 aromatic heterocycles. The van der Waals surface area contributed by atoms with Crippen LogP contribution in [0.1, 0.15) is 0 Å². The van der Waals surface area contributed by atoms with Crippen molar-refractivity contribution in [3.8, 4) is 11.4 Å². The zero-order valence-electron chi connectivity index (χ0n) is 4.57. The van der Waals surface area contributed by atoms with Crippen LogP contribution in [0.3, 0.4) is 0 Å². The summed E-state index contributed by atoms with van der Waals surface area (Å²) < 4.78 is 0. The van der Waals surface area contributed by atoms with Crippen molar-refractivity contribution in [1.29, 1.82) is 0 Å². The summed E-state index contributed by atoms with van der Waals surface area (Å²) in [5.74, 6) is 0. The second kappa shape index (κ2) is 1.51. The predicted octanol–water partition coefficient (Wildman–Crippen LogP) is 0.304. The molecule has 0 saturated carbocycles. The van der Waals surface area contributed by atoms with Crippen molar-refractivity contribution in [3.63, 3.8) is 0 Å². The summed E-state index contributed by atoms with van der Waals surface area (Å²) in [7, 11) is 0. The number of hydrogen-bond donors (Lipinski definition) is 1. The quantitative estimate of drug-likeness (QED) is 0.544. The van der Waals surface area contributed by atoms with Gasteiger partial charge in [-0.2, -0.15) is 5.10 Å². The summed E-state index contributed by atoms with van der Waals surface area (Å²) >= 11 is 0. The first-order chi connectivity index (χ1) is 4.47. The Morgan fingerprint density at radius 3 is 3.00 bits per heavy atom. The van der Waals surface area contributed by atoms with E-state index in [9.17, 15) is 0 Å². The normalized spacial score (nSPS) is 10.2. The van der Waals surface area contributed by atoms with Crippen LogP contribution in [0.15, 0.2) is 18.7 Å². The van der Waals surface area contributed by atoms with E-state index in [0.717, 1.165) is 11.4 Å². The molecule has 44 valence electrons. The largest absolute Gasteiger partial charge is 0.283 e. The van der Waals surface area contributed by atoms with Gasteiger partial charge in [0.05, 0.1) is 6.20 Å². The molecule has 0 fully saturated rings. The molecular weight excluding hydrogens is 116 g/mol. The average molecular weight is 120 g/mol. The topological polar surface area (TPSA) is 54.5 Å². The Balaban J connectivity index is 2.79. The standard InChI is InChI=1S/C5H4N4/c1-4-5(2-9-8-1)7-3-6-4/h1-3,8H. The van der Waals surface area contributed by atoms with Crippen molar-refractivity contribution >= 4 is 0 Å². The first kappa shape index (κ1) is 4.43. The van der Waals surface area contributed by atoms with Crippen molar-refractivity contribution < 1.29 is 0 Å². The molecule has 0 atom stereocenters. The van der Waals surface area contributed by atoms with Crippen molar-refractivity contribution in [1.82, 2.24) is 20.2 Å². The number of rotatable bonds is 0. The molecule has 9 heavy (non-hydrogen) atoms. The van der Waals surface area contributed by atoms with E-state index in [0.29, 0.717) is 0 Å². The van der Waals surface area contributed by atoms with Crippen LogP contribution < -0.4 is 0 Å². The first-order valence-electron chi connectivity index (χ1n) is 2.56. The van der Waals surface area contributed by atoms with Crippen LogP contribution in [0.25, 0.3) is 11.4 Å². The van der Waals surface area contributed by atoms with Crippen LogP contribution in [0, 0.1) is 0 Å². The Morgan fingerprint density at radius 1 is 1.22 bits per heavy atom. The highest BCUT2D eigenvalue weighted by molar-refractivity contribution is 5.51. The fraction of sp³-hybridized carbons (Fsp3) is 0. The van der Waals surface area contributed by atoms with Gasteiger partial charge in [-0.1, -0.05) is 0 Å².